The second kappa shape index (κ2) is 23.4. The van der Waals surface area contributed by atoms with Crippen molar-refractivity contribution in [3.8, 4) is 0 Å². The molecule has 2 saturated heterocycles. The largest absolute Gasteiger partial charge is 0.501 e. The van der Waals surface area contributed by atoms with Crippen LogP contribution < -0.4 is 14.9 Å². The second-order valence-electron chi connectivity index (χ2n) is 19.4. The third kappa shape index (κ3) is 13.9. The lowest BCUT2D eigenvalue weighted by molar-refractivity contribution is -0.0435. The van der Waals surface area contributed by atoms with Gasteiger partial charge in [-0.2, -0.15) is 13.2 Å². The molecule has 19 heteroatoms. The zero-order valence-corrected chi connectivity index (χ0v) is 43.9. The fourth-order valence-electron chi connectivity index (χ4n) is 9.93. The molecule has 386 valence electrons. The highest BCUT2D eigenvalue weighted by Crippen LogP contribution is 2.43. The van der Waals surface area contributed by atoms with Crippen LogP contribution in [0.25, 0.3) is 5.57 Å². The summed E-state index contributed by atoms with van der Waals surface area (Å²) in [6, 6.07) is 25.2. The molecule has 71 heavy (non-hydrogen) atoms. The predicted octanol–water partition coefficient (Wildman–Crippen LogP) is 10.3. The highest BCUT2D eigenvalue weighted by Gasteiger charge is 2.48. The van der Waals surface area contributed by atoms with Crippen molar-refractivity contribution in [2.24, 2.45) is 5.41 Å². The first-order valence-electron chi connectivity index (χ1n) is 24.3. The number of amides is 1. The highest BCUT2D eigenvalue weighted by atomic mass is 35.5. The van der Waals surface area contributed by atoms with E-state index in [2.05, 4.69) is 46.0 Å². The van der Waals surface area contributed by atoms with Gasteiger partial charge in [-0.15, -0.1) is 11.8 Å². The van der Waals surface area contributed by atoms with Crippen LogP contribution in [-0.4, -0.2) is 132 Å². The van der Waals surface area contributed by atoms with Gasteiger partial charge in [-0.05, 0) is 135 Å². The molecule has 2 unspecified atom stereocenters. The molecule has 2 aliphatic heterocycles. The number of anilines is 2. The Hall–Kier alpha value is -4.17. The topological polar surface area (TPSA) is 122 Å². The molecular weight excluding hydrogens is 996 g/mol. The summed E-state index contributed by atoms with van der Waals surface area (Å²) in [7, 11) is -11.0. The molecular formula is C52H65ClF4N6O5S3. The van der Waals surface area contributed by atoms with E-state index < -0.39 is 59.0 Å². The summed E-state index contributed by atoms with van der Waals surface area (Å²) in [5.41, 5.74) is -1.17. The van der Waals surface area contributed by atoms with E-state index in [0.29, 0.717) is 42.8 Å². The molecule has 3 atom stereocenters. The van der Waals surface area contributed by atoms with E-state index in [0.717, 1.165) is 87.8 Å². The molecule has 0 bridgehead atoms. The number of benzene rings is 4. The van der Waals surface area contributed by atoms with Crippen molar-refractivity contribution in [2.45, 2.75) is 98.2 Å². The van der Waals surface area contributed by atoms with E-state index in [1.54, 1.807) is 12.1 Å². The maximum absolute atomic E-state index is 15.4. The number of likely N-dealkylation sites (tertiary alicyclic amines) is 1. The monoisotopic (exact) mass is 1060 g/mol. The number of carbonyl (C=O) groups excluding carboxylic acids is 1. The molecule has 2 N–H and O–H groups in total. The minimum absolute atomic E-state index is 0.0194. The van der Waals surface area contributed by atoms with Crippen molar-refractivity contribution >= 4 is 66.1 Å². The number of nitrogens with zero attached hydrogens (tertiary/aromatic N) is 4. The maximum atomic E-state index is 15.4. The van der Waals surface area contributed by atoms with Crippen LogP contribution in [0.3, 0.4) is 0 Å². The van der Waals surface area contributed by atoms with Gasteiger partial charge >= 0.3 is 5.51 Å². The number of piperidine rings is 1. The summed E-state index contributed by atoms with van der Waals surface area (Å²) < 4.78 is 114. The van der Waals surface area contributed by atoms with Crippen LogP contribution in [0, 0.1) is 5.41 Å². The highest BCUT2D eigenvalue weighted by molar-refractivity contribution is 7.99. The van der Waals surface area contributed by atoms with E-state index in [1.807, 2.05) is 65.9 Å². The summed E-state index contributed by atoms with van der Waals surface area (Å²) in [5.74, 6) is -0.752. The Kier molecular flexibility index (Phi) is 18.0. The number of hydrogen-bond donors (Lipinski definition) is 2. The molecule has 7 rings (SSSR count). The predicted molar refractivity (Wildman–Crippen MR) is 277 cm³/mol. The fourth-order valence-corrected chi connectivity index (χ4v) is 13.1. The Morgan fingerprint density at radius 1 is 0.887 bits per heavy atom. The van der Waals surface area contributed by atoms with Crippen LogP contribution in [-0.2, 0) is 19.9 Å². The van der Waals surface area contributed by atoms with E-state index in [9.17, 15) is 34.8 Å². The van der Waals surface area contributed by atoms with Crippen molar-refractivity contribution < 1.29 is 39.2 Å². The Balaban J connectivity index is 1.02. The van der Waals surface area contributed by atoms with Gasteiger partial charge in [0.15, 0.2) is 0 Å². The summed E-state index contributed by atoms with van der Waals surface area (Å²) in [6.45, 7) is 15.1. The molecule has 4 aromatic rings. The molecule has 11 nitrogen and oxygen atoms in total. The molecule has 0 radical (unpaired) electrons. The van der Waals surface area contributed by atoms with Crippen LogP contribution >= 0.6 is 23.4 Å². The zero-order chi connectivity index (χ0) is 51.1. The molecule has 0 saturated carbocycles. The van der Waals surface area contributed by atoms with Crippen LogP contribution in [0.4, 0.5) is 28.9 Å². The van der Waals surface area contributed by atoms with Crippen LogP contribution in [0.1, 0.15) is 75.7 Å². The van der Waals surface area contributed by atoms with Gasteiger partial charge < -0.3 is 15.1 Å². The number of hydrogen-bond acceptors (Lipinski definition) is 11. The minimum atomic E-state index is -6.12. The molecule has 2 heterocycles. The van der Waals surface area contributed by atoms with Gasteiger partial charge in [-0.3, -0.25) is 14.6 Å². The molecule has 3 aliphatic rings. The first-order chi connectivity index (χ1) is 33.7. The molecule has 0 spiro atoms. The quantitative estimate of drug-likeness (QED) is 0.0690. The Morgan fingerprint density at radius 3 is 2.20 bits per heavy atom. The lowest BCUT2D eigenvalue weighted by atomic mass is 9.73. The van der Waals surface area contributed by atoms with Gasteiger partial charge in [-0.1, -0.05) is 75.2 Å². The van der Waals surface area contributed by atoms with Gasteiger partial charge in [0.25, 0.3) is 25.8 Å². The summed E-state index contributed by atoms with van der Waals surface area (Å²) in [4.78, 5) is 20.8. The van der Waals surface area contributed by atoms with Crippen molar-refractivity contribution in [3.63, 3.8) is 0 Å². The first kappa shape index (κ1) is 54.6. The Morgan fingerprint density at radius 2 is 1.56 bits per heavy atom. The SMILES string of the molecule is CCN(CC)C1CCN(CC[C@H](CSc2ccccc2)Nc2ccc(S(=O)(=O)NC(=O)c3ccc(N4CCN(CC5=C(c6ccc(Cl)cc6)CCC(C)(C)C5)CC4)cc3)cc2S(=O)(=O)C(F)(F)F)CC1F. The van der Waals surface area contributed by atoms with E-state index in [1.165, 1.54) is 40.6 Å². The van der Waals surface area contributed by atoms with E-state index in [-0.39, 0.29) is 23.6 Å². The summed E-state index contributed by atoms with van der Waals surface area (Å²) in [6.07, 6.45) is 2.95. The molecule has 4 aromatic carbocycles. The molecule has 2 fully saturated rings. The van der Waals surface area contributed by atoms with Crippen molar-refractivity contribution in [3.05, 3.63) is 119 Å². The van der Waals surface area contributed by atoms with Gasteiger partial charge in [0.05, 0.1) is 10.6 Å². The van der Waals surface area contributed by atoms with Crippen LogP contribution in [0.2, 0.25) is 5.02 Å². The number of carbonyl (C=O) groups is 1. The smallest absolute Gasteiger partial charge is 0.380 e. The second-order valence-corrected chi connectivity index (χ2v) is 24.6. The summed E-state index contributed by atoms with van der Waals surface area (Å²) >= 11 is 7.60. The normalized spacial score (nSPS) is 20.0. The minimum Gasteiger partial charge on any atom is -0.380 e. The van der Waals surface area contributed by atoms with Crippen molar-refractivity contribution in [1.29, 1.82) is 0 Å². The number of thioether (sulfide) groups is 1. The number of rotatable bonds is 19. The molecule has 1 amide bonds. The van der Waals surface area contributed by atoms with Crippen molar-refractivity contribution in [1.82, 2.24) is 19.4 Å². The Bertz CT molecular complexity index is 2700. The lowest BCUT2D eigenvalue weighted by Gasteiger charge is -2.40. The average molecular weight is 1060 g/mol. The molecule has 1 aliphatic carbocycles. The van der Waals surface area contributed by atoms with Gasteiger partial charge in [-0.25, -0.2) is 25.9 Å². The maximum Gasteiger partial charge on any atom is 0.501 e. The fraction of sp³-hybridized carbons (Fsp3) is 0.481. The van der Waals surface area contributed by atoms with E-state index >= 15 is 4.39 Å². The first-order valence-corrected chi connectivity index (χ1v) is 28.6. The number of nitrogens with one attached hydrogen (secondary N) is 2. The number of sulfonamides is 1. The number of sulfone groups is 1. The Labute approximate surface area is 426 Å². The molecule has 0 aromatic heterocycles. The zero-order valence-electron chi connectivity index (χ0n) is 40.7. The number of allylic oxidation sites excluding steroid dienone is 1. The third-order valence-electron chi connectivity index (χ3n) is 13.9. The third-order valence-corrected chi connectivity index (χ3v) is 18.2. The van der Waals surface area contributed by atoms with Gasteiger partial charge in [0.1, 0.15) is 11.1 Å². The van der Waals surface area contributed by atoms with Crippen LogP contribution in [0.15, 0.2) is 117 Å². The van der Waals surface area contributed by atoms with Gasteiger partial charge in [0.2, 0.25) is 0 Å². The lowest BCUT2D eigenvalue weighted by Crippen LogP contribution is -2.52. The number of halogens is 5. The van der Waals surface area contributed by atoms with Crippen LogP contribution in [0.5, 0.6) is 0 Å². The standard InChI is InChI=1S/C52H65ClF4N6O5S3/c1-5-62(6-2)48-24-27-60(35-46(48)54)26-23-41(36-69-43-10-8-7-9-11-43)58-47-21-20-44(32-49(47)70(65,66)52(55,56)57)71(67,68)59-50(64)38-14-18-42(19-15-38)63-30-28-61(29-31-63)34-39-33-51(3,4)25-22-45(39)37-12-16-40(53)17-13-37/h7-21,32,41,46,48,58H,5-6,22-31,33-36H2,1-4H3,(H,59,64)/t41-,46?,48?/m1/s1. The van der Waals surface area contributed by atoms with Crippen molar-refractivity contribution in [2.75, 3.05) is 81.4 Å². The number of alkyl halides is 4. The number of piperazine rings is 1. The summed E-state index contributed by atoms with van der Waals surface area (Å²) in [5, 5.41) is 3.69. The van der Waals surface area contributed by atoms with Gasteiger partial charge in [0, 0.05) is 84.8 Å². The average Bonchev–Trinajstić information content (AvgIpc) is 3.33. The van der Waals surface area contributed by atoms with E-state index in [4.69, 9.17) is 11.6 Å².